The number of aryl methyl sites for hydroxylation is 1. The number of rotatable bonds is 1. The largest absolute Gasteiger partial charge is 0.262 e. The molecule has 0 aliphatic rings. The summed E-state index contributed by atoms with van der Waals surface area (Å²) in [6, 6.07) is 9.39. The Kier molecular flexibility index (Phi) is 2.42. The third-order valence-electron chi connectivity index (χ3n) is 2.08. The first-order valence-corrected chi connectivity index (χ1v) is 4.59. The predicted octanol–water partition coefficient (Wildman–Crippen LogP) is 2.32. The summed E-state index contributed by atoms with van der Waals surface area (Å²) in [6.45, 7) is 1.93. The third kappa shape index (κ3) is 2.00. The van der Waals surface area contributed by atoms with Crippen LogP contribution in [-0.2, 0) is 0 Å². The standard InChI is InChI=1S/C12H9N3/c1-9-6-11(3-5-14-9)12-7-10(8-13)2-4-15-12/h2-7H,1H3. The van der Waals surface area contributed by atoms with Gasteiger partial charge in [-0.05, 0) is 31.2 Å². The SMILES string of the molecule is Cc1cc(-c2cc(C#N)ccn2)ccn1. The van der Waals surface area contributed by atoms with E-state index in [4.69, 9.17) is 5.26 Å². The first-order valence-electron chi connectivity index (χ1n) is 4.59. The molecule has 0 atom stereocenters. The zero-order valence-corrected chi connectivity index (χ0v) is 8.31. The van der Waals surface area contributed by atoms with Crippen molar-refractivity contribution in [3.8, 4) is 17.3 Å². The van der Waals surface area contributed by atoms with E-state index >= 15 is 0 Å². The van der Waals surface area contributed by atoms with Crippen LogP contribution in [0.1, 0.15) is 11.3 Å². The second-order valence-electron chi connectivity index (χ2n) is 3.23. The van der Waals surface area contributed by atoms with Crippen molar-refractivity contribution in [1.82, 2.24) is 9.97 Å². The van der Waals surface area contributed by atoms with Crippen LogP contribution in [0, 0.1) is 18.3 Å². The molecule has 0 bridgehead atoms. The Balaban J connectivity index is 2.50. The van der Waals surface area contributed by atoms with Crippen molar-refractivity contribution >= 4 is 0 Å². The van der Waals surface area contributed by atoms with Crippen LogP contribution >= 0.6 is 0 Å². The Morgan fingerprint density at radius 2 is 1.93 bits per heavy atom. The Labute approximate surface area is 88.1 Å². The van der Waals surface area contributed by atoms with Crippen LogP contribution in [0.5, 0.6) is 0 Å². The summed E-state index contributed by atoms with van der Waals surface area (Å²) in [5.74, 6) is 0. The van der Waals surface area contributed by atoms with Gasteiger partial charge in [0, 0.05) is 23.7 Å². The van der Waals surface area contributed by atoms with E-state index in [9.17, 15) is 0 Å². The van der Waals surface area contributed by atoms with Crippen molar-refractivity contribution in [3.63, 3.8) is 0 Å². The molecule has 0 fully saturated rings. The Bertz CT molecular complexity index is 526. The van der Waals surface area contributed by atoms with Crippen molar-refractivity contribution in [2.45, 2.75) is 6.92 Å². The molecule has 2 rings (SSSR count). The number of nitrogens with zero attached hydrogens (tertiary/aromatic N) is 3. The highest BCUT2D eigenvalue weighted by Gasteiger charge is 2.00. The first-order chi connectivity index (χ1) is 7.29. The van der Waals surface area contributed by atoms with Gasteiger partial charge in [0.1, 0.15) is 0 Å². The number of hydrogen-bond acceptors (Lipinski definition) is 3. The average molecular weight is 195 g/mol. The normalized spacial score (nSPS) is 9.60. The van der Waals surface area contributed by atoms with E-state index in [-0.39, 0.29) is 0 Å². The van der Waals surface area contributed by atoms with Crippen molar-refractivity contribution < 1.29 is 0 Å². The zero-order chi connectivity index (χ0) is 10.7. The molecule has 0 N–H and O–H groups in total. The van der Waals surface area contributed by atoms with Gasteiger partial charge in [0.2, 0.25) is 0 Å². The van der Waals surface area contributed by atoms with Gasteiger partial charge in [-0.1, -0.05) is 0 Å². The van der Waals surface area contributed by atoms with E-state index < -0.39 is 0 Å². The van der Waals surface area contributed by atoms with Gasteiger partial charge in [-0.25, -0.2) is 0 Å². The number of hydrogen-bond donors (Lipinski definition) is 0. The monoisotopic (exact) mass is 195 g/mol. The molecular weight excluding hydrogens is 186 g/mol. The van der Waals surface area contributed by atoms with Gasteiger partial charge in [-0.3, -0.25) is 9.97 Å². The Hall–Kier alpha value is -2.21. The lowest BCUT2D eigenvalue weighted by Crippen LogP contribution is -1.87. The van der Waals surface area contributed by atoms with E-state index in [0.29, 0.717) is 5.56 Å². The summed E-state index contributed by atoms with van der Waals surface area (Å²) in [6.07, 6.45) is 3.38. The minimum absolute atomic E-state index is 0.620. The minimum atomic E-state index is 0.620. The Morgan fingerprint density at radius 3 is 2.67 bits per heavy atom. The van der Waals surface area contributed by atoms with Crippen molar-refractivity contribution in [2.75, 3.05) is 0 Å². The van der Waals surface area contributed by atoms with E-state index in [1.807, 2.05) is 19.1 Å². The lowest BCUT2D eigenvalue weighted by Gasteiger charge is -2.01. The van der Waals surface area contributed by atoms with E-state index in [0.717, 1.165) is 17.0 Å². The maximum atomic E-state index is 8.77. The summed E-state index contributed by atoms with van der Waals surface area (Å²) < 4.78 is 0. The molecule has 0 radical (unpaired) electrons. The summed E-state index contributed by atoms with van der Waals surface area (Å²) in [7, 11) is 0. The molecule has 3 heteroatoms. The fourth-order valence-electron chi connectivity index (χ4n) is 1.36. The molecule has 15 heavy (non-hydrogen) atoms. The van der Waals surface area contributed by atoms with Crippen molar-refractivity contribution in [3.05, 3.63) is 47.9 Å². The molecule has 0 amide bonds. The summed E-state index contributed by atoms with van der Waals surface area (Å²) in [5, 5.41) is 8.77. The quantitative estimate of drug-likeness (QED) is 0.701. The minimum Gasteiger partial charge on any atom is -0.262 e. The van der Waals surface area contributed by atoms with Crippen LogP contribution in [0.4, 0.5) is 0 Å². The van der Waals surface area contributed by atoms with E-state index in [1.54, 1.807) is 24.5 Å². The molecule has 0 aromatic carbocycles. The zero-order valence-electron chi connectivity index (χ0n) is 8.31. The smallest absolute Gasteiger partial charge is 0.0992 e. The van der Waals surface area contributed by atoms with Crippen molar-refractivity contribution in [1.29, 1.82) is 5.26 Å². The average Bonchev–Trinajstić information content (AvgIpc) is 2.29. The van der Waals surface area contributed by atoms with Crippen molar-refractivity contribution in [2.24, 2.45) is 0 Å². The maximum absolute atomic E-state index is 8.77. The van der Waals surface area contributed by atoms with Crippen LogP contribution in [0.15, 0.2) is 36.7 Å². The summed E-state index contributed by atoms with van der Waals surface area (Å²) in [4.78, 5) is 8.33. The lowest BCUT2D eigenvalue weighted by molar-refractivity contribution is 1.19. The predicted molar refractivity (Wildman–Crippen MR) is 56.9 cm³/mol. The molecule has 0 aliphatic carbocycles. The topological polar surface area (TPSA) is 49.6 Å². The molecule has 2 heterocycles. The lowest BCUT2D eigenvalue weighted by atomic mass is 10.1. The van der Waals surface area contributed by atoms with Crippen LogP contribution in [0.25, 0.3) is 11.3 Å². The molecule has 2 aromatic rings. The van der Waals surface area contributed by atoms with E-state index in [1.165, 1.54) is 0 Å². The number of nitriles is 1. The highest BCUT2D eigenvalue weighted by Crippen LogP contribution is 2.17. The van der Waals surface area contributed by atoms with Gasteiger partial charge in [0.05, 0.1) is 17.3 Å². The van der Waals surface area contributed by atoms with Gasteiger partial charge in [0.15, 0.2) is 0 Å². The molecule has 72 valence electrons. The van der Waals surface area contributed by atoms with Crippen LogP contribution in [0.3, 0.4) is 0 Å². The van der Waals surface area contributed by atoms with Gasteiger partial charge in [0.25, 0.3) is 0 Å². The van der Waals surface area contributed by atoms with Crippen LogP contribution in [-0.4, -0.2) is 9.97 Å². The molecule has 0 spiro atoms. The second kappa shape index (κ2) is 3.89. The third-order valence-corrected chi connectivity index (χ3v) is 2.08. The summed E-state index contributed by atoms with van der Waals surface area (Å²) in [5.41, 5.74) is 3.35. The molecular formula is C12H9N3. The Morgan fingerprint density at radius 1 is 1.13 bits per heavy atom. The molecule has 0 saturated carbocycles. The van der Waals surface area contributed by atoms with Gasteiger partial charge in [-0.15, -0.1) is 0 Å². The molecule has 0 aliphatic heterocycles. The molecule has 2 aromatic heterocycles. The fraction of sp³-hybridized carbons (Fsp3) is 0.0833. The molecule has 0 saturated heterocycles. The highest BCUT2D eigenvalue weighted by molar-refractivity contribution is 5.60. The van der Waals surface area contributed by atoms with Gasteiger partial charge < -0.3 is 0 Å². The van der Waals surface area contributed by atoms with Crippen LogP contribution in [0.2, 0.25) is 0 Å². The molecule has 3 nitrogen and oxygen atoms in total. The van der Waals surface area contributed by atoms with Gasteiger partial charge in [-0.2, -0.15) is 5.26 Å². The summed E-state index contributed by atoms with van der Waals surface area (Å²) >= 11 is 0. The first kappa shape index (κ1) is 9.35. The fourth-order valence-corrected chi connectivity index (χ4v) is 1.36. The second-order valence-corrected chi connectivity index (χ2v) is 3.23. The maximum Gasteiger partial charge on any atom is 0.0992 e. The number of pyridine rings is 2. The van der Waals surface area contributed by atoms with E-state index in [2.05, 4.69) is 16.0 Å². The molecule has 0 unspecified atom stereocenters. The van der Waals surface area contributed by atoms with Gasteiger partial charge >= 0.3 is 0 Å². The number of aromatic nitrogens is 2. The van der Waals surface area contributed by atoms with Crippen LogP contribution < -0.4 is 0 Å². The highest BCUT2D eigenvalue weighted by atomic mass is 14.7.